The van der Waals surface area contributed by atoms with Crippen molar-refractivity contribution in [1.82, 2.24) is 14.8 Å². The van der Waals surface area contributed by atoms with Gasteiger partial charge in [-0.25, -0.2) is 4.79 Å². The standard InChI is InChI=1S/C12H14N4O3/c1-3-18-11(17)9-6-8(13)4-5-10(9)19-12-14-7-16(2)15-12/h4-7H,3,13H2,1-2H3. The van der Waals surface area contributed by atoms with E-state index in [0.29, 0.717) is 11.4 Å². The Morgan fingerprint density at radius 3 is 2.89 bits per heavy atom. The lowest BCUT2D eigenvalue weighted by atomic mass is 10.2. The molecule has 2 aromatic rings. The van der Waals surface area contributed by atoms with E-state index >= 15 is 0 Å². The SMILES string of the molecule is CCOC(=O)c1cc(N)ccc1Oc1ncn(C)n1. The lowest BCUT2D eigenvalue weighted by Gasteiger charge is -2.08. The van der Waals surface area contributed by atoms with E-state index in [1.165, 1.54) is 17.1 Å². The number of hydrogen-bond donors (Lipinski definition) is 1. The summed E-state index contributed by atoms with van der Waals surface area (Å²) in [5, 5.41) is 3.97. The maximum atomic E-state index is 11.8. The van der Waals surface area contributed by atoms with Gasteiger partial charge in [0.2, 0.25) is 0 Å². The van der Waals surface area contributed by atoms with E-state index < -0.39 is 5.97 Å². The summed E-state index contributed by atoms with van der Waals surface area (Å²) >= 11 is 0. The second-order valence-electron chi connectivity index (χ2n) is 3.78. The van der Waals surface area contributed by atoms with Crippen LogP contribution in [0.25, 0.3) is 0 Å². The molecule has 0 saturated heterocycles. The highest BCUT2D eigenvalue weighted by atomic mass is 16.5. The van der Waals surface area contributed by atoms with E-state index in [0.717, 1.165) is 0 Å². The van der Waals surface area contributed by atoms with Gasteiger partial charge in [0, 0.05) is 12.7 Å². The number of rotatable bonds is 4. The number of aromatic nitrogens is 3. The fourth-order valence-corrected chi connectivity index (χ4v) is 1.47. The quantitative estimate of drug-likeness (QED) is 0.660. The highest BCUT2D eigenvalue weighted by Crippen LogP contribution is 2.25. The van der Waals surface area contributed by atoms with Crippen molar-refractivity contribution in [2.45, 2.75) is 6.92 Å². The molecule has 0 radical (unpaired) electrons. The van der Waals surface area contributed by atoms with E-state index in [9.17, 15) is 4.79 Å². The van der Waals surface area contributed by atoms with Crippen LogP contribution in [0.2, 0.25) is 0 Å². The Labute approximate surface area is 110 Å². The summed E-state index contributed by atoms with van der Waals surface area (Å²) in [6.45, 7) is 2.00. The number of benzene rings is 1. The number of nitrogens with zero attached hydrogens (tertiary/aromatic N) is 3. The van der Waals surface area contributed by atoms with Crippen molar-refractivity contribution in [2.24, 2.45) is 7.05 Å². The van der Waals surface area contributed by atoms with Crippen LogP contribution in [0.3, 0.4) is 0 Å². The predicted molar refractivity (Wildman–Crippen MR) is 67.9 cm³/mol. The van der Waals surface area contributed by atoms with Crippen molar-refractivity contribution in [3.63, 3.8) is 0 Å². The molecule has 0 aliphatic carbocycles. The minimum Gasteiger partial charge on any atom is -0.462 e. The van der Waals surface area contributed by atoms with Gasteiger partial charge >= 0.3 is 12.0 Å². The van der Waals surface area contributed by atoms with Gasteiger partial charge in [-0.2, -0.15) is 4.98 Å². The normalized spacial score (nSPS) is 10.2. The van der Waals surface area contributed by atoms with Crippen molar-refractivity contribution in [3.8, 4) is 11.8 Å². The summed E-state index contributed by atoms with van der Waals surface area (Å²) < 4.78 is 11.9. The van der Waals surface area contributed by atoms with E-state index in [-0.39, 0.29) is 18.2 Å². The van der Waals surface area contributed by atoms with Gasteiger partial charge < -0.3 is 15.2 Å². The molecule has 0 fully saturated rings. The van der Waals surface area contributed by atoms with Gasteiger partial charge in [-0.3, -0.25) is 4.68 Å². The summed E-state index contributed by atoms with van der Waals surface area (Å²) in [7, 11) is 1.72. The van der Waals surface area contributed by atoms with Crippen LogP contribution in [0.15, 0.2) is 24.5 Å². The van der Waals surface area contributed by atoms with Crippen LogP contribution < -0.4 is 10.5 Å². The van der Waals surface area contributed by atoms with Gasteiger partial charge in [-0.05, 0) is 25.1 Å². The molecule has 0 saturated carbocycles. The molecule has 0 spiro atoms. The fourth-order valence-electron chi connectivity index (χ4n) is 1.47. The number of esters is 1. The lowest BCUT2D eigenvalue weighted by molar-refractivity contribution is 0.0523. The number of carbonyl (C=O) groups excluding carboxylic acids is 1. The molecular formula is C12H14N4O3. The third kappa shape index (κ3) is 3.01. The third-order valence-corrected chi connectivity index (χ3v) is 2.28. The topological polar surface area (TPSA) is 92.3 Å². The molecule has 1 aromatic carbocycles. The smallest absolute Gasteiger partial charge is 0.342 e. The lowest BCUT2D eigenvalue weighted by Crippen LogP contribution is -2.07. The Balaban J connectivity index is 2.31. The highest BCUT2D eigenvalue weighted by Gasteiger charge is 2.16. The maximum Gasteiger partial charge on any atom is 0.342 e. The Morgan fingerprint density at radius 2 is 2.26 bits per heavy atom. The first kappa shape index (κ1) is 12.9. The zero-order valence-corrected chi connectivity index (χ0v) is 10.7. The van der Waals surface area contributed by atoms with Crippen LogP contribution in [0.1, 0.15) is 17.3 Å². The molecule has 0 aliphatic rings. The third-order valence-electron chi connectivity index (χ3n) is 2.28. The second-order valence-corrected chi connectivity index (χ2v) is 3.78. The number of carbonyl (C=O) groups is 1. The molecule has 0 amide bonds. The Bertz CT molecular complexity index is 594. The zero-order chi connectivity index (χ0) is 13.8. The van der Waals surface area contributed by atoms with Crippen molar-refractivity contribution in [3.05, 3.63) is 30.1 Å². The van der Waals surface area contributed by atoms with Gasteiger partial charge in [0.1, 0.15) is 17.6 Å². The summed E-state index contributed by atoms with van der Waals surface area (Å²) in [5.74, 6) is -0.195. The molecule has 1 aromatic heterocycles. The Hall–Kier alpha value is -2.57. The molecule has 7 nitrogen and oxygen atoms in total. The van der Waals surface area contributed by atoms with Crippen LogP contribution >= 0.6 is 0 Å². The molecule has 2 N–H and O–H groups in total. The molecule has 7 heteroatoms. The van der Waals surface area contributed by atoms with Crippen molar-refractivity contribution < 1.29 is 14.3 Å². The molecule has 19 heavy (non-hydrogen) atoms. The highest BCUT2D eigenvalue weighted by molar-refractivity contribution is 5.93. The average molecular weight is 262 g/mol. The summed E-state index contributed by atoms with van der Waals surface area (Å²) in [4.78, 5) is 15.7. The molecule has 1 heterocycles. The van der Waals surface area contributed by atoms with Gasteiger partial charge in [-0.1, -0.05) is 0 Å². The number of hydrogen-bond acceptors (Lipinski definition) is 6. The first-order valence-corrected chi connectivity index (χ1v) is 5.70. The van der Waals surface area contributed by atoms with Gasteiger partial charge in [0.05, 0.1) is 6.61 Å². The zero-order valence-electron chi connectivity index (χ0n) is 10.7. The monoisotopic (exact) mass is 262 g/mol. The van der Waals surface area contributed by atoms with Crippen LogP contribution in [-0.2, 0) is 11.8 Å². The van der Waals surface area contributed by atoms with E-state index in [1.54, 1.807) is 26.1 Å². The number of ether oxygens (including phenoxy) is 2. The molecule has 0 bridgehead atoms. The first-order valence-electron chi connectivity index (χ1n) is 5.70. The fraction of sp³-hybridized carbons (Fsp3) is 0.250. The van der Waals surface area contributed by atoms with Gasteiger partial charge in [-0.15, -0.1) is 5.10 Å². The molecule has 0 aliphatic heterocycles. The summed E-state index contributed by atoms with van der Waals surface area (Å²) in [5.41, 5.74) is 6.35. The number of nitrogens with two attached hydrogens (primary N) is 1. The Kier molecular flexibility index (Phi) is 3.65. The van der Waals surface area contributed by atoms with Crippen molar-refractivity contribution >= 4 is 11.7 Å². The van der Waals surface area contributed by atoms with Crippen LogP contribution in [0.5, 0.6) is 11.8 Å². The minimum atomic E-state index is -0.499. The van der Waals surface area contributed by atoms with Gasteiger partial charge in [0.15, 0.2) is 0 Å². The molecular weight excluding hydrogens is 248 g/mol. The van der Waals surface area contributed by atoms with Crippen LogP contribution in [0.4, 0.5) is 5.69 Å². The molecule has 100 valence electrons. The van der Waals surface area contributed by atoms with Crippen molar-refractivity contribution in [2.75, 3.05) is 12.3 Å². The van der Waals surface area contributed by atoms with E-state index in [1.807, 2.05) is 0 Å². The molecule has 2 rings (SSSR count). The largest absolute Gasteiger partial charge is 0.462 e. The maximum absolute atomic E-state index is 11.8. The van der Waals surface area contributed by atoms with Gasteiger partial charge in [0.25, 0.3) is 0 Å². The minimum absolute atomic E-state index is 0.151. The summed E-state index contributed by atoms with van der Waals surface area (Å²) in [6.07, 6.45) is 1.50. The van der Waals surface area contributed by atoms with E-state index in [2.05, 4.69) is 10.1 Å². The van der Waals surface area contributed by atoms with Crippen molar-refractivity contribution in [1.29, 1.82) is 0 Å². The average Bonchev–Trinajstić information content (AvgIpc) is 2.77. The van der Waals surface area contributed by atoms with E-state index in [4.69, 9.17) is 15.2 Å². The number of anilines is 1. The van der Waals surface area contributed by atoms with Crippen LogP contribution in [-0.4, -0.2) is 27.3 Å². The Morgan fingerprint density at radius 1 is 1.47 bits per heavy atom. The van der Waals surface area contributed by atoms with Crippen LogP contribution in [0, 0.1) is 0 Å². The second kappa shape index (κ2) is 5.38. The molecule has 0 atom stereocenters. The molecule has 0 unspecified atom stereocenters. The summed E-state index contributed by atoms with van der Waals surface area (Å²) in [6, 6.07) is 4.85. The first-order chi connectivity index (χ1) is 9.10. The number of aryl methyl sites for hydroxylation is 1. The predicted octanol–water partition coefficient (Wildman–Crippen LogP) is 1.37. The number of nitrogen functional groups attached to an aromatic ring is 1.